The summed E-state index contributed by atoms with van der Waals surface area (Å²) in [6.45, 7) is 2.14. The van der Waals surface area contributed by atoms with Crippen molar-refractivity contribution in [1.82, 2.24) is 19.6 Å². The standard InChI is InChI=1S/C23H26N4O/c1-25(21-13-14-26(16-21)19-6-4-7-19)23(28)17-9-11-20(12-10-17)27-22-8-3-2-5-18(22)15-24-27/h2-3,5,8-12,15,19,21H,4,6-7,13-14,16H2,1H3/t21-/m1/s1. The predicted molar refractivity (Wildman–Crippen MR) is 111 cm³/mol. The number of carbonyl (C=O) groups excluding carboxylic acids is 1. The summed E-state index contributed by atoms with van der Waals surface area (Å²) in [4.78, 5) is 17.5. The number of likely N-dealkylation sites (N-methyl/N-ethyl adjacent to an activating group) is 1. The van der Waals surface area contributed by atoms with Gasteiger partial charge in [-0.25, -0.2) is 4.68 Å². The Kier molecular flexibility index (Phi) is 4.40. The number of hydrogen-bond acceptors (Lipinski definition) is 3. The average molecular weight is 374 g/mol. The zero-order valence-electron chi connectivity index (χ0n) is 16.3. The lowest BCUT2D eigenvalue weighted by Gasteiger charge is -2.35. The molecule has 2 heterocycles. The van der Waals surface area contributed by atoms with Crippen LogP contribution in [0.25, 0.3) is 16.6 Å². The van der Waals surface area contributed by atoms with Crippen molar-refractivity contribution in [2.45, 2.75) is 37.8 Å². The fourth-order valence-corrected chi connectivity index (χ4v) is 4.46. The van der Waals surface area contributed by atoms with E-state index in [4.69, 9.17) is 0 Å². The van der Waals surface area contributed by atoms with Crippen molar-refractivity contribution < 1.29 is 4.79 Å². The smallest absolute Gasteiger partial charge is 0.253 e. The maximum absolute atomic E-state index is 13.0. The van der Waals surface area contributed by atoms with Crippen molar-refractivity contribution in [1.29, 1.82) is 0 Å². The first kappa shape index (κ1) is 17.4. The number of para-hydroxylation sites is 1. The molecule has 1 atom stereocenters. The van der Waals surface area contributed by atoms with Gasteiger partial charge in [-0.2, -0.15) is 5.10 Å². The number of carbonyl (C=O) groups is 1. The molecule has 144 valence electrons. The number of fused-ring (bicyclic) bond motifs is 1. The third kappa shape index (κ3) is 3.00. The minimum absolute atomic E-state index is 0.109. The molecule has 28 heavy (non-hydrogen) atoms. The number of benzene rings is 2. The van der Waals surface area contributed by atoms with Crippen LogP contribution >= 0.6 is 0 Å². The van der Waals surface area contributed by atoms with Crippen LogP contribution in [-0.2, 0) is 0 Å². The quantitative estimate of drug-likeness (QED) is 0.699. The molecule has 0 bridgehead atoms. The summed E-state index contributed by atoms with van der Waals surface area (Å²) in [6, 6.07) is 17.0. The molecule has 2 aliphatic rings. The zero-order chi connectivity index (χ0) is 19.1. The number of hydrogen-bond donors (Lipinski definition) is 0. The van der Waals surface area contributed by atoms with Gasteiger partial charge in [0.2, 0.25) is 0 Å². The lowest BCUT2D eigenvalue weighted by molar-refractivity contribution is 0.0720. The normalized spacial score (nSPS) is 20.4. The second-order valence-electron chi connectivity index (χ2n) is 8.10. The van der Waals surface area contributed by atoms with E-state index < -0.39 is 0 Å². The minimum atomic E-state index is 0.109. The van der Waals surface area contributed by atoms with Crippen LogP contribution in [0.3, 0.4) is 0 Å². The van der Waals surface area contributed by atoms with Crippen LogP contribution in [0.4, 0.5) is 0 Å². The SMILES string of the molecule is CN(C(=O)c1ccc(-n2ncc3ccccc32)cc1)[C@@H]1CCN(C2CCC2)C1. The lowest BCUT2D eigenvalue weighted by Crippen LogP contribution is -2.43. The molecule has 1 aliphatic heterocycles. The van der Waals surface area contributed by atoms with Crippen LogP contribution in [0.1, 0.15) is 36.0 Å². The average Bonchev–Trinajstić information content (AvgIpc) is 3.33. The van der Waals surface area contributed by atoms with Gasteiger partial charge in [-0.1, -0.05) is 24.6 Å². The summed E-state index contributed by atoms with van der Waals surface area (Å²) < 4.78 is 1.92. The molecular weight excluding hydrogens is 348 g/mol. The molecule has 5 nitrogen and oxygen atoms in total. The maximum atomic E-state index is 13.0. The minimum Gasteiger partial charge on any atom is -0.337 e. The second kappa shape index (κ2) is 7.06. The van der Waals surface area contributed by atoms with Gasteiger partial charge in [-0.15, -0.1) is 0 Å². The van der Waals surface area contributed by atoms with E-state index in [0.29, 0.717) is 6.04 Å². The molecule has 2 fully saturated rings. The first-order valence-electron chi connectivity index (χ1n) is 10.2. The Bertz CT molecular complexity index is 989. The van der Waals surface area contributed by atoms with E-state index in [2.05, 4.69) is 22.1 Å². The van der Waals surface area contributed by atoms with Gasteiger partial charge in [0.15, 0.2) is 0 Å². The van der Waals surface area contributed by atoms with E-state index >= 15 is 0 Å². The van der Waals surface area contributed by atoms with Crippen LogP contribution in [0.5, 0.6) is 0 Å². The van der Waals surface area contributed by atoms with Crippen LogP contribution in [-0.4, -0.2) is 57.7 Å². The second-order valence-corrected chi connectivity index (χ2v) is 8.10. The Balaban J connectivity index is 1.30. The van der Waals surface area contributed by atoms with Gasteiger partial charge >= 0.3 is 0 Å². The van der Waals surface area contributed by atoms with Crippen LogP contribution < -0.4 is 0 Å². The van der Waals surface area contributed by atoms with E-state index in [9.17, 15) is 4.79 Å². The summed E-state index contributed by atoms with van der Waals surface area (Å²) in [7, 11) is 1.95. The van der Waals surface area contributed by atoms with E-state index in [0.717, 1.165) is 47.7 Å². The van der Waals surface area contributed by atoms with Crippen molar-refractivity contribution in [2.75, 3.05) is 20.1 Å². The van der Waals surface area contributed by atoms with Gasteiger partial charge < -0.3 is 4.90 Å². The number of nitrogens with zero attached hydrogens (tertiary/aromatic N) is 4. The molecule has 0 unspecified atom stereocenters. The van der Waals surface area contributed by atoms with Crippen LogP contribution in [0, 0.1) is 0 Å². The first-order valence-corrected chi connectivity index (χ1v) is 10.2. The Morgan fingerprint density at radius 1 is 1.07 bits per heavy atom. The molecule has 1 saturated heterocycles. The lowest BCUT2D eigenvalue weighted by atomic mass is 9.92. The molecule has 0 spiro atoms. The van der Waals surface area contributed by atoms with E-state index in [1.165, 1.54) is 19.3 Å². The van der Waals surface area contributed by atoms with Gasteiger partial charge in [-0.3, -0.25) is 9.69 Å². The van der Waals surface area contributed by atoms with Crippen molar-refractivity contribution in [3.8, 4) is 5.69 Å². The van der Waals surface area contributed by atoms with E-state index in [1.807, 2.05) is 59.2 Å². The highest BCUT2D eigenvalue weighted by Crippen LogP contribution is 2.29. The molecule has 1 saturated carbocycles. The summed E-state index contributed by atoms with van der Waals surface area (Å²) in [5.74, 6) is 0.109. The van der Waals surface area contributed by atoms with Gasteiger partial charge in [0.25, 0.3) is 5.91 Å². The molecule has 5 heteroatoms. The van der Waals surface area contributed by atoms with E-state index in [-0.39, 0.29) is 5.91 Å². The Hall–Kier alpha value is -2.66. The Morgan fingerprint density at radius 3 is 2.61 bits per heavy atom. The predicted octanol–water partition coefficient (Wildman–Crippen LogP) is 3.72. The van der Waals surface area contributed by atoms with Gasteiger partial charge in [0.05, 0.1) is 17.4 Å². The van der Waals surface area contributed by atoms with E-state index in [1.54, 1.807) is 0 Å². The summed E-state index contributed by atoms with van der Waals surface area (Å²) in [6.07, 6.45) is 6.96. The molecule has 1 aromatic heterocycles. The maximum Gasteiger partial charge on any atom is 0.253 e. The van der Waals surface area contributed by atoms with Gasteiger partial charge in [-0.05, 0) is 49.6 Å². The topological polar surface area (TPSA) is 41.4 Å². The number of aromatic nitrogens is 2. The summed E-state index contributed by atoms with van der Waals surface area (Å²) >= 11 is 0. The zero-order valence-corrected chi connectivity index (χ0v) is 16.3. The summed E-state index contributed by atoms with van der Waals surface area (Å²) in [5, 5.41) is 5.60. The van der Waals surface area contributed by atoms with Crippen molar-refractivity contribution >= 4 is 16.8 Å². The third-order valence-corrected chi connectivity index (χ3v) is 6.49. The number of likely N-dealkylation sites (tertiary alicyclic amines) is 1. The highest BCUT2D eigenvalue weighted by Gasteiger charge is 2.34. The van der Waals surface area contributed by atoms with Crippen molar-refractivity contribution in [2.24, 2.45) is 0 Å². The highest BCUT2D eigenvalue weighted by atomic mass is 16.2. The fourth-order valence-electron chi connectivity index (χ4n) is 4.46. The van der Waals surface area contributed by atoms with Crippen molar-refractivity contribution in [3.05, 3.63) is 60.3 Å². The number of amides is 1. The third-order valence-electron chi connectivity index (χ3n) is 6.49. The summed E-state index contributed by atoms with van der Waals surface area (Å²) in [5.41, 5.74) is 2.78. The van der Waals surface area contributed by atoms with Crippen molar-refractivity contribution in [3.63, 3.8) is 0 Å². The molecule has 1 amide bonds. The first-order chi connectivity index (χ1) is 13.7. The van der Waals surface area contributed by atoms with Gasteiger partial charge in [0.1, 0.15) is 0 Å². The highest BCUT2D eigenvalue weighted by molar-refractivity contribution is 5.94. The monoisotopic (exact) mass is 374 g/mol. The molecule has 3 aromatic rings. The van der Waals surface area contributed by atoms with Crippen LogP contribution in [0.2, 0.25) is 0 Å². The van der Waals surface area contributed by atoms with Gasteiger partial charge in [0, 0.05) is 43.2 Å². The molecule has 1 aliphatic carbocycles. The Labute approximate surface area is 165 Å². The molecule has 0 radical (unpaired) electrons. The van der Waals surface area contributed by atoms with Crippen LogP contribution in [0.15, 0.2) is 54.7 Å². The molecule has 2 aromatic carbocycles. The number of rotatable bonds is 4. The molecule has 0 N–H and O–H groups in total. The Morgan fingerprint density at radius 2 is 1.86 bits per heavy atom. The molecule has 5 rings (SSSR count). The largest absolute Gasteiger partial charge is 0.337 e. The fraction of sp³-hybridized carbons (Fsp3) is 0.391. The molecular formula is C23H26N4O.